The van der Waals surface area contributed by atoms with Crippen LogP contribution in [0.25, 0.3) is 0 Å². The number of ether oxygens (including phenoxy) is 1. The number of anilines is 1. The first-order valence-corrected chi connectivity index (χ1v) is 7.29. The molecule has 0 aliphatic carbocycles. The number of hydrogen-bond donors (Lipinski definition) is 1. The van der Waals surface area contributed by atoms with E-state index in [4.69, 9.17) is 15.0 Å². The molecule has 3 heterocycles. The van der Waals surface area contributed by atoms with Gasteiger partial charge in [0.1, 0.15) is 0 Å². The number of hydrogen-bond acceptors (Lipinski definition) is 7. The summed E-state index contributed by atoms with van der Waals surface area (Å²) in [5, 5.41) is 6.64. The van der Waals surface area contributed by atoms with Gasteiger partial charge in [0.2, 0.25) is 5.89 Å². The van der Waals surface area contributed by atoms with E-state index in [1.165, 1.54) is 11.3 Å². The Morgan fingerprint density at radius 3 is 3.05 bits per heavy atom. The number of nitrogens with two attached hydrogens (primary N) is 1. The van der Waals surface area contributed by atoms with Gasteiger partial charge in [-0.05, 0) is 19.3 Å². The number of thiazole rings is 1. The minimum atomic E-state index is 0.302. The van der Waals surface area contributed by atoms with Crippen LogP contribution in [0.3, 0.4) is 0 Å². The largest absolute Gasteiger partial charge is 0.381 e. The van der Waals surface area contributed by atoms with E-state index in [0.29, 0.717) is 23.5 Å². The Bertz CT molecular complexity index is 533. The van der Waals surface area contributed by atoms with Crippen molar-refractivity contribution in [2.45, 2.75) is 31.6 Å². The first-order valence-electron chi connectivity index (χ1n) is 6.41. The van der Waals surface area contributed by atoms with E-state index in [2.05, 4.69) is 15.1 Å². The summed E-state index contributed by atoms with van der Waals surface area (Å²) in [6, 6.07) is 0. The number of nitrogens with zero attached hydrogens (tertiary/aromatic N) is 3. The van der Waals surface area contributed by atoms with Crippen LogP contribution in [0.4, 0.5) is 5.13 Å². The van der Waals surface area contributed by atoms with Crippen molar-refractivity contribution < 1.29 is 9.26 Å². The minimum absolute atomic E-state index is 0.302. The predicted octanol–water partition coefficient (Wildman–Crippen LogP) is 1.79. The van der Waals surface area contributed by atoms with E-state index in [-0.39, 0.29) is 0 Å². The number of aryl methyl sites for hydroxylation is 2. The SMILES string of the molecule is Nc1nc(CCCc2nc(C3CCOC3)no2)cs1. The van der Waals surface area contributed by atoms with Crippen molar-refractivity contribution in [3.8, 4) is 0 Å². The smallest absolute Gasteiger partial charge is 0.226 e. The average molecular weight is 280 g/mol. The molecule has 0 aromatic carbocycles. The summed E-state index contributed by atoms with van der Waals surface area (Å²) in [5.41, 5.74) is 6.62. The Labute approximate surface area is 115 Å². The van der Waals surface area contributed by atoms with Crippen LogP contribution in [0.2, 0.25) is 0 Å². The van der Waals surface area contributed by atoms with Gasteiger partial charge in [-0.25, -0.2) is 4.98 Å². The lowest BCUT2D eigenvalue weighted by atomic mass is 10.1. The first-order chi connectivity index (χ1) is 9.31. The Morgan fingerprint density at radius 2 is 2.32 bits per heavy atom. The zero-order chi connectivity index (χ0) is 13.1. The van der Waals surface area contributed by atoms with Gasteiger partial charge in [-0.3, -0.25) is 0 Å². The van der Waals surface area contributed by atoms with Gasteiger partial charge in [-0.1, -0.05) is 5.16 Å². The Balaban J connectivity index is 1.50. The van der Waals surface area contributed by atoms with E-state index in [0.717, 1.165) is 43.8 Å². The Hall–Kier alpha value is -1.47. The maximum atomic E-state index is 5.59. The second kappa shape index (κ2) is 5.66. The highest BCUT2D eigenvalue weighted by atomic mass is 32.1. The van der Waals surface area contributed by atoms with Crippen molar-refractivity contribution in [1.29, 1.82) is 0 Å². The van der Waals surface area contributed by atoms with Gasteiger partial charge in [-0.15, -0.1) is 11.3 Å². The van der Waals surface area contributed by atoms with Crippen LogP contribution in [-0.4, -0.2) is 28.3 Å². The molecular formula is C12H16N4O2S. The zero-order valence-corrected chi connectivity index (χ0v) is 11.4. The van der Waals surface area contributed by atoms with Crippen LogP contribution >= 0.6 is 11.3 Å². The van der Waals surface area contributed by atoms with Crippen molar-refractivity contribution in [2.24, 2.45) is 0 Å². The fraction of sp³-hybridized carbons (Fsp3) is 0.583. The molecule has 1 unspecified atom stereocenters. The molecule has 1 aliphatic rings. The van der Waals surface area contributed by atoms with E-state index >= 15 is 0 Å². The number of aromatic nitrogens is 3. The summed E-state index contributed by atoms with van der Waals surface area (Å²) in [4.78, 5) is 8.65. The standard InChI is InChI=1S/C12H16N4O2S/c13-12-14-9(7-19-12)2-1-3-10-15-11(16-18-10)8-4-5-17-6-8/h7-8H,1-6H2,(H2,13,14). The van der Waals surface area contributed by atoms with E-state index in [9.17, 15) is 0 Å². The third-order valence-electron chi connectivity index (χ3n) is 3.17. The third kappa shape index (κ3) is 3.10. The van der Waals surface area contributed by atoms with Gasteiger partial charge in [0.15, 0.2) is 11.0 Å². The highest BCUT2D eigenvalue weighted by Gasteiger charge is 2.22. The molecule has 1 aliphatic heterocycles. The molecule has 2 aromatic heterocycles. The second-order valence-electron chi connectivity index (χ2n) is 4.64. The maximum Gasteiger partial charge on any atom is 0.226 e. The lowest BCUT2D eigenvalue weighted by Crippen LogP contribution is -2.00. The molecule has 1 fully saturated rings. The quantitative estimate of drug-likeness (QED) is 0.898. The van der Waals surface area contributed by atoms with Crippen LogP contribution in [0.5, 0.6) is 0 Å². The average Bonchev–Trinajstić information content (AvgIpc) is 3.09. The minimum Gasteiger partial charge on any atom is -0.381 e. The molecular weight excluding hydrogens is 264 g/mol. The van der Waals surface area contributed by atoms with Crippen molar-refractivity contribution in [3.05, 3.63) is 22.8 Å². The van der Waals surface area contributed by atoms with Crippen LogP contribution in [0.15, 0.2) is 9.90 Å². The van der Waals surface area contributed by atoms with E-state index in [1.807, 2.05) is 5.38 Å². The molecule has 3 rings (SSSR count). The normalized spacial score (nSPS) is 19.1. The number of rotatable bonds is 5. The van der Waals surface area contributed by atoms with Gasteiger partial charge in [0, 0.05) is 24.3 Å². The van der Waals surface area contributed by atoms with Crippen molar-refractivity contribution in [2.75, 3.05) is 18.9 Å². The first kappa shape index (κ1) is 12.6. The molecule has 102 valence electrons. The van der Waals surface area contributed by atoms with Gasteiger partial charge in [0.05, 0.1) is 12.3 Å². The molecule has 1 atom stereocenters. The molecule has 0 spiro atoms. The molecule has 2 N–H and O–H groups in total. The third-order valence-corrected chi connectivity index (χ3v) is 3.89. The molecule has 0 saturated carbocycles. The summed E-state index contributed by atoms with van der Waals surface area (Å²) < 4.78 is 10.6. The lowest BCUT2D eigenvalue weighted by molar-refractivity contribution is 0.192. The van der Waals surface area contributed by atoms with E-state index in [1.54, 1.807) is 0 Å². The van der Waals surface area contributed by atoms with Crippen LogP contribution in [0.1, 0.15) is 36.2 Å². The molecule has 0 radical (unpaired) electrons. The monoisotopic (exact) mass is 280 g/mol. The maximum absolute atomic E-state index is 5.59. The highest BCUT2D eigenvalue weighted by Crippen LogP contribution is 2.22. The molecule has 1 saturated heterocycles. The second-order valence-corrected chi connectivity index (χ2v) is 5.53. The van der Waals surface area contributed by atoms with Gasteiger partial charge in [-0.2, -0.15) is 4.98 Å². The van der Waals surface area contributed by atoms with Crippen LogP contribution in [-0.2, 0) is 17.6 Å². The van der Waals surface area contributed by atoms with Gasteiger partial charge in [0.25, 0.3) is 0 Å². The van der Waals surface area contributed by atoms with Crippen molar-refractivity contribution in [1.82, 2.24) is 15.1 Å². The molecule has 7 heteroatoms. The highest BCUT2D eigenvalue weighted by molar-refractivity contribution is 7.13. The molecule has 0 bridgehead atoms. The van der Waals surface area contributed by atoms with Gasteiger partial charge < -0.3 is 15.0 Å². The van der Waals surface area contributed by atoms with Crippen LogP contribution < -0.4 is 5.73 Å². The Morgan fingerprint density at radius 1 is 1.37 bits per heavy atom. The fourth-order valence-corrected chi connectivity index (χ4v) is 2.73. The van der Waals surface area contributed by atoms with Crippen molar-refractivity contribution in [3.63, 3.8) is 0 Å². The number of nitrogen functional groups attached to an aromatic ring is 1. The molecule has 6 nitrogen and oxygen atoms in total. The summed E-state index contributed by atoms with van der Waals surface area (Å²) in [6.07, 6.45) is 3.58. The molecule has 2 aromatic rings. The summed E-state index contributed by atoms with van der Waals surface area (Å²) in [5.74, 6) is 1.78. The Kier molecular flexibility index (Phi) is 3.74. The summed E-state index contributed by atoms with van der Waals surface area (Å²) in [7, 11) is 0. The summed E-state index contributed by atoms with van der Waals surface area (Å²) >= 11 is 1.47. The topological polar surface area (TPSA) is 87.1 Å². The van der Waals surface area contributed by atoms with E-state index < -0.39 is 0 Å². The predicted molar refractivity (Wildman–Crippen MR) is 71.0 cm³/mol. The zero-order valence-electron chi connectivity index (χ0n) is 10.5. The van der Waals surface area contributed by atoms with Crippen LogP contribution in [0, 0.1) is 0 Å². The lowest BCUT2D eigenvalue weighted by Gasteiger charge is -1.97. The molecule has 0 amide bonds. The fourth-order valence-electron chi connectivity index (χ4n) is 2.13. The summed E-state index contributed by atoms with van der Waals surface area (Å²) in [6.45, 7) is 1.50. The molecule has 19 heavy (non-hydrogen) atoms. The van der Waals surface area contributed by atoms with Gasteiger partial charge >= 0.3 is 0 Å². The van der Waals surface area contributed by atoms with Crippen molar-refractivity contribution >= 4 is 16.5 Å².